The molecule has 0 radical (unpaired) electrons. The number of ether oxygens (including phenoxy) is 1. The summed E-state index contributed by atoms with van der Waals surface area (Å²) < 4.78 is 5.86. The first-order valence-corrected chi connectivity index (χ1v) is 7.90. The summed E-state index contributed by atoms with van der Waals surface area (Å²) in [6.45, 7) is 0.567. The molecule has 0 saturated carbocycles. The molecule has 6 nitrogen and oxygen atoms in total. The number of anilines is 1. The molecule has 0 aromatic heterocycles. The topological polar surface area (TPSA) is 72.7 Å². The molecule has 2 saturated heterocycles. The van der Waals surface area contributed by atoms with Gasteiger partial charge in [0.15, 0.2) is 5.60 Å². The molecule has 24 heavy (non-hydrogen) atoms. The Kier molecular flexibility index (Phi) is 3.35. The largest absolute Gasteiger partial charge is 0.363 e. The third-order valence-corrected chi connectivity index (χ3v) is 4.79. The van der Waals surface area contributed by atoms with Gasteiger partial charge in [-0.05, 0) is 42.7 Å². The number of para-hydroxylation sites is 1. The van der Waals surface area contributed by atoms with E-state index in [4.69, 9.17) is 4.74 Å². The molecule has 0 bridgehead atoms. The van der Waals surface area contributed by atoms with Crippen LogP contribution in [0.2, 0.25) is 0 Å². The number of nitrogens with zero attached hydrogens (tertiary/aromatic N) is 2. The van der Waals surface area contributed by atoms with Crippen LogP contribution in [0.15, 0.2) is 54.6 Å². The molecule has 2 aromatic carbocycles. The number of carbonyl (C=O) groups is 1. The Hall–Kier alpha value is -2.73. The van der Waals surface area contributed by atoms with Crippen LogP contribution >= 0.6 is 0 Å². The van der Waals surface area contributed by atoms with Crippen LogP contribution in [0.5, 0.6) is 0 Å². The number of non-ortho nitro benzene ring substituents is 1. The number of β-lactam (4-membered cyclic amide) rings is 1. The van der Waals surface area contributed by atoms with Gasteiger partial charge in [0.25, 0.3) is 11.6 Å². The van der Waals surface area contributed by atoms with Gasteiger partial charge in [-0.2, -0.15) is 0 Å². The molecule has 1 spiro atoms. The highest BCUT2D eigenvalue weighted by atomic mass is 16.6. The number of rotatable bonds is 3. The minimum absolute atomic E-state index is 0.0328. The second-order valence-corrected chi connectivity index (χ2v) is 6.10. The van der Waals surface area contributed by atoms with Crippen molar-refractivity contribution in [3.05, 3.63) is 70.3 Å². The van der Waals surface area contributed by atoms with Crippen molar-refractivity contribution in [1.82, 2.24) is 0 Å². The molecule has 2 aliphatic heterocycles. The van der Waals surface area contributed by atoms with Crippen LogP contribution in [-0.4, -0.2) is 23.0 Å². The molecule has 2 heterocycles. The predicted octanol–water partition coefficient (Wildman–Crippen LogP) is 3.23. The van der Waals surface area contributed by atoms with E-state index in [9.17, 15) is 14.9 Å². The van der Waals surface area contributed by atoms with Gasteiger partial charge in [0.1, 0.15) is 6.04 Å². The van der Waals surface area contributed by atoms with Crippen molar-refractivity contribution in [2.45, 2.75) is 24.5 Å². The lowest BCUT2D eigenvalue weighted by molar-refractivity contribution is -0.384. The lowest BCUT2D eigenvalue weighted by atomic mass is 9.75. The number of hydrogen-bond acceptors (Lipinski definition) is 4. The van der Waals surface area contributed by atoms with Crippen molar-refractivity contribution in [3.8, 4) is 0 Å². The maximum absolute atomic E-state index is 12.8. The maximum atomic E-state index is 12.8. The monoisotopic (exact) mass is 324 g/mol. The van der Waals surface area contributed by atoms with Crippen molar-refractivity contribution in [3.63, 3.8) is 0 Å². The lowest BCUT2D eigenvalue weighted by Crippen LogP contribution is -2.68. The van der Waals surface area contributed by atoms with Gasteiger partial charge in [-0.25, -0.2) is 0 Å². The van der Waals surface area contributed by atoms with Crippen LogP contribution in [0.1, 0.15) is 24.4 Å². The summed E-state index contributed by atoms with van der Waals surface area (Å²) in [5, 5.41) is 10.9. The average molecular weight is 324 g/mol. The van der Waals surface area contributed by atoms with E-state index < -0.39 is 10.5 Å². The fourth-order valence-corrected chi connectivity index (χ4v) is 3.68. The zero-order chi connectivity index (χ0) is 16.7. The first-order chi connectivity index (χ1) is 11.6. The Morgan fingerprint density at radius 1 is 1.12 bits per heavy atom. The number of hydrogen-bond donors (Lipinski definition) is 0. The minimum Gasteiger partial charge on any atom is -0.363 e. The summed E-state index contributed by atoms with van der Waals surface area (Å²) in [5.74, 6) is -0.0328. The molecule has 2 atom stereocenters. The summed E-state index contributed by atoms with van der Waals surface area (Å²) >= 11 is 0. The van der Waals surface area contributed by atoms with Crippen LogP contribution in [0.3, 0.4) is 0 Å². The Balaban J connectivity index is 1.75. The van der Waals surface area contributed by atoms with Gasteiger partial charge in [0.05, 0.1) is 4.92 Å². The van der Waals surface area contributed by atoms with Crippen molar-refractivity contribution < 1.29 is 14.5 Å². The first-order valence-electron chi connectivity index (χ1n) is 7.90. The Labute approximate surface area is 138 Å². The molecule has 1 amide bonds. The van der Waals surface area contributed by atoms with Gasteiger partial charge in [-0.1, -0.05) is 18.2 Å². The van der Waals surface area contributed by atoms with E-state index in [-0.39, 0.29) is 17.6 Å². The quantitative estimate of drug-likeness (QED) is 0.493. The van der Waals surface area contributed by atoms with Crippen LogP contribution in [0.4, 0.5) is 11.4 Å². The van der Waals surface area contributed by atoms with Gasteiger partial charge in [-0.3, -0.25) is 19.8 Å². The third-order valence-electron chi connectivity index (χ3n) is 4.79. The fraction of sp³-hybridized carbons (Fsp3) is 0.278. The summed E-state index contributed by atoms with van der Waals surface area (Å²) in [7, 11) is 0. The molecule has 0 unspecified atom stereocenters. The van der Waals surface area contributed by atoms with Gasteiger partial charge in [-0.15, -0.1) is 0 Å². The predicted molar refractivity (Wildman–Crippen MR) is 87.7 cm³/mol. The highest BCUT2D eigenvalue weighted by Crippen LogP contribution is 2.53. The second-order valence-electron chi connectivity index (χ2n) is 6.10. The van der Waals surface area contributed by atoms with Crippen molar-refractivity contribution >= 4 is 17.3 Å². The first kappa shape index (κ1) is 14.8. The summed E-state index contributed by atoms with van der Waals surface area (Å²) in [4.78, 5) is 25.0. The molecular formula is C18H16N2O4. The summed E-state index contributed by atoms with van der Waals surface area (Å²) in [5.41, 5.74) is 0.876. The van der Waals surface area contributed by atoms with E-state index in [2.05, 4.69) is 0 Å². The second kappa shape index (κ2) is 5.42. The standard InChI is InChI=1S/C18H16N2O4/c21-17-18(11-4-12-24-18)16(19(17)14-5-2-1-3-6-14)13-7-9-15(10-8-13)20(22)23/h1-3,5-10,16H,4,11-12H2/t16-,18-/m0/s1. The Morgan fingerprint density at radius 2 is 1.83 bits per heavy atom. The highest BCUT2D eigenvalue weighted by Gasteiger charge is 2.64. The molecule has 2 fully saturated rings. The molecule has 0 N–H and O–H groups in total. The normalized spacial score (nSPS) is 25.8. The van der Waals surface area contributed by atoms with E-state index in [0.717, 1.165) is 17.7 Å². The zero-order valence-electron chi connectivity index (χ0n) is 12.9. The van der Waals surface area contributed by atoms with Crippen LogP contribution in [0.25, 0.3) is 0 Å². The van der Waals surface area contributed by atoms with E-state index in [1.54, 1.807) is 17.0 Å². The van der Waals surface area contributed by atoms with Crippen LogP contribution < -0.4 is 4.90 Å². The SMILES string of the molecule is O=C1N(c2ccccc2)[C@@H](c2ccc([N+](=O)[O-])cc2)[C@@]12CCCO2. The van der Waals surface area contributed by atoms with E-state index in [1.165, 1.54) is 12.1 Å². The van der Waals surface area contributed by atoms with Gasteiger partial charge >= 0.3 is 0 Å². The molecule has 0 aliphatic carbocycles. The molecule has 2 aromatic rings. The van der Waals surface area contributed by atoms with Crippen molar-refractivity contribution in [2.24, 2.45) is 0 Å². The molecular weight excluding hydrogens is 308 g/mol. The van der Waals surface area contributed by atoms with Crippen molar-refractivity contribution in [2.75, 3.05) is 11.5 Å². The number of benzene rings is 2. The molecule has 122 valence electrons. The average Bonchev–Trinajstić information content (AvgIpc) is 3.12. The van der Waals surface area contributed by atoms with Gasteiger partial charge in [0.2, 0.25) is 0 Å². The number of carbonyl (C=O) groups excluding carboxylic acids is 1. The van der Waals surface area contributed by atoms with E-state index >= 15 is 0 Å². The Morgan fingerprint density at radius 3 is 2.42 bits per heavy atom. The minimum atomic E-state index is -0.827. The van der Waals surface area contributed by atoms with Gasteiger partial charge < -0.3 is 4.74 Å². The molecule has 4 rings (SSSR count). The maximum Gasteiger partial charge on any atom is 0.269 e. The molecule has 6 heteroatoms. The van der Waals surface area contributed by atoms with E-state index in [0.29, 0.717) is 13.0 Å². The smallest absolute Gasteiger partial charge is 0.269 e. The van der Waals surface area contributed by atoms with Crippen LogP contribution in [0, 0.1) is 10.1 Å². The number of nitro groups is 1. The van der Waals surface area contributed by atoms with Crippen molar-refractivity contribution in [1.29, 1.82) is 0 Å². The number of amides is 1. The summed E-state index contributed by atoms with van der Waals surface area (Å²) in [6, 6.07) is 15.6. The Bertz CT molecular complexity index is 782. The number of nitro benzene ring substituents is 1. The zero-order valence-corrected chi connectivity index (χ0v) is 12.9. The van der Waals surface area contributed by atoms with E-state index in [1.807, 2.05) is 30.3 Å². The highest BCUT2D eigenvalue weighted by molar-refractivity contribution is 6.08. The van der Waals surface area contributed by atoms with Crippen LogP contribution in [-0.2, 0) is 9.53 Å². The molecule has 2 aliphatic rings. The third kappa shape index (κ3) is 2.03. The lowest BCUT2D eigenvalue weighted by Gasteiger charge is -2.53. The fourth-order valence-electron chi connectivity index (χ4n) is 3.68. The van der Waals surface area contributed by atoms with Gasteiger partial charge in [0, 0.05) is 24.4 Å². The summed E-state index contributed by atoms with van der Waals surface area (Å²) in [6.07, 6.45) is 1.52.